The van der Waals surface area contributed by atoms with Crippen molar-refractivity contribution in [2.75, 3.05) is 6.54 Å². The van der Waals surface area contributed by atoms with Gasteiger partial charge in [-0.1, -0.05) is 13.8 Å². The van der Waals surface area contributed by atoms with E-state index in [1.807, 2.05) is 22.7 Å². The van der Waals surface area contributed by atoms with Gasteiger partial charge in [-0.25, -0.2) is 4.98 Å². The minimum absolute atomic E-state index is 0.142. The maximum Gasteiger partial charge on any atom is 0.223 e. The molecule has 5 heteroatoms. The number of aryl methyl sites for hydroxylation is 1. The molecule has 21 heavy (non-hydrogen) atoms. The molecule has 1 aliphatic carbocycles. The fraction of sp³-hybridized carbons (Fsp3) is 0.750. The van der Waals surface area contributed by atoms with Gasteiger partial charge in [-0.2, -0.15) is 0 Å². The van der Waals surface area contributed by atoms with Gasteiger partial charge in [0.15, 0.2) is 0 Å². The van der Waals surface area contributed by atoms with Gasteiger partial charge in [-0.05, 0) is 37.6 Å². The Labute approximate surface area is 127 Å². The molecule has 0 aliphatic heterocycles. The molecule has 0 spiro atoms. The summed E-state index contributed by atoms with van der Waals surface area (Å²) in [4.78, 5) is 18.9. The lowest BCUT2D eigenvalue weighted by Crippen LogP contribution is -2.34. The highest BCUT2D eigenvalue weighted by Crippen LogP contribution is 2.31. The van der Waals surface area contributed by atoms with Gasteiger partial charge in [0.1, 0.15) is 5.82 Å². The smallest absolute Gasteiger partial charge is 0.223 e. The first-order chi connectivity index (χ1) is 9.93. The van der Waals surface area contributed by atoms with Crippen LogP contribution in [0.5, 0.6) is 0 Å². The fourth-order valence-corrected chi connectivity index (χ4v) is 2.61. The molecule has 1 saturated carbocycles. The third kappa shape index (κ3) is 4.56. The van der Waals surface area contributed by atoms with Crippen LogP contribution in [-0.2, 0) is 18.4 Å². The number of imidazole rings is 1. The van der Waals surface area contributed by atoms with Gasteiger partial charge >= 0.3 is 0 Å². The van der Waals surface area contributed by atoms with Crippen LogP contribution >= 0.6 is 0 Å². The molecule has 0 bridgehead atoms. The molecule has 0 radical (unpaired) electrons. The van der Waals surface area contributed by atoms with Gasteiger partial charge < -0.3 is 15.2 Å². The highest BCUT2D eigenvalue weighted by atomic mass is 16.2. The van der Waals surface area contributed by atoms with Crippen molar-refractivity contribution in [1.82, 2.24) is 14.5 Å². The maximum atomic E-state index is 12.6. The van der Waals surface area contributed by atoms with Crippen molar-refractivity contribution < 1.29 is 4.79 Å². The first-order valence-electron chi connectivity index (χ1n) is 7.89. The molecule has 1 aromatic rings. The first-order valence-corrected chi connectivity index (χ1v) is 7.89. The fourth-order valence-electron chi connectivity index (χ4n) is 2.61. The van der Waals surface area contributed by atoms with Crippen LogP contribution in [0.1, 0.15) is 51.8 Å². The summed E-state index contributed by atoms with van der Waals surface area (Å²) in [6.07, 6.45) is 8.43. The molecule has 1 heterocycles. The number of nitrogens with zero attached hydrogens (tertiary/aromatic N) is 3. The molecule has 2 N–H and O–H groups in total. The van der Waals surface area contributed by atoms with Crippen LogP contribution in [0.3, 0.4) is 0 Å². The van der Waals surface area contributed by atoms with Crippen molar-refractivity contribution in [3.8, 4) is 0 Å². The van der Waals surface area contributed by atoms with E-state index in [-0.39, 0.29) is 11.3 Å². The Kier molecular flexibility index (Phi) is 5.04. The summed E-state index contributed by atoms with van der Waals surface area (Å²) in [5.74, 6) is 1.21. The van der Waals surface area contributed by atoms with Crippen molar-refractivity contribution in [3.05, 3.63) is 18.2 Å². The van der Waals surface area contributed by atoms with Crippen LogP contribution < -0.4 is 5.73 Å². The predicted octanol–water partition coefficient (Wildman–Crippen LogP) is 2.07. The normalized spacial score (nSPS) is 15.2. The summed E-state index contributed by atoms with van der Waals surface area (Å²) in [5, 5.41) is 0. The second-order valence-corrected chi connectivity index (χ2v) is 6.91. The van der Waals surface area contributed by atoms with Crippen LogP contribution in [0.4, 0.5) is 0 Å². The van der Waals surface area contributed by atoms with Crippen LogP contribution in [0.2, 0.25) is 0 Å². The molecule has 0 aromatic carbocycles. The van der Waals surface area contributed by atoms with E-state index in [0.717, 1.165) is 31.5 Å². The summed E-state index contributed by atoms with van der Waals surface area (Å²) in [6, 6.07) is 0.423. The van der Waals surface area contributed by atoms with Gasteiger partial charge in [0.05, 0.1) is 6.54 Å². The number of nitrogens with two attached hydrogens (primary N) is 1. The molecule has 2 rings (SSSR count). The molecule has 0 saturated heterocycles. The molecule has 1 aliphatic rings. The number of hydrogen-bond acceptors (Lipinski definition) is 3. The Bertz CT molecular complexity index is 476. The molecule has 0 unspecified atom stereocenters. The van der Waals surface area contributed by atoms with Crippen molar-refractivity contribution in [3.63, 3.8) is 0 Å². The monoisotopic (exact) mass is 292 g/mol. The van der Waals surface area contributed by atoms with Crippen LogP contribution in [0, 0.1) is 5.41 Å². The SMILES string of the molecule is Cn1ccnc1CN(C(=O)CCC(C)(C)CCN)C1CC1. The summed E-state index contributed by atoms with van der Waals surface area (Å²) in [5.41, 5.74) is 5.78. The Morgan fingerprint density at radius 1 is 1.48 bits per heavy atom. The Morgan fingerprint density at radius 3 is 2.71 bits per heavy atom. The molecular formula is C16H28N4O. The van der Waals surface area contributed by atoms with E-state index in [0.29, 0.717) is 25.6 Å². The Balaban J connectivity index is 1.92. The van der Waals surface area contributed by atoms with E-state index in [1.165, 1.54) is 0 Å². The van der Waals surface area contributed by atoms with E-state index in [4.69, 9.17) is 5.73 Å². The Hall–Kier alpha value is -1.36. The molecule has 1 amide bonds. The zero-order chi connectivity index (χ0) is 15.5. The number of hydrogen-bond donors (Lipinski definition) is 1. The van der Waals surface area contributed by atoms with E-state index in [1.54, 1.807) is 6.20 Å². The average molecular weight is 292 g/mol. The lowest BCUT2D eigenvalue weighted by Gasteiger charge is -2.27. The van der Waals surface area contributed by atoms with E-state index in [2.05, 4.69) is 18.8 Å². The number of aromatic nitrogens is 2. The Morgan fingerprint density at radius 2 is 2.19 bits per heavy atom. The lowest BCUT2D eigenvalue weighted by molar-refractivity contribution is -0.133. The van der Waals surface area contributed by atoms with Crippen LogP contribution in [0.25, 0.3) is 0 Å². The zero-order valence-electron chi connectivity index (χ0n) is 13.5. The average Bonchev–Trinajstić information content (AvgIpc) is 3.17. The molecule has 5 nitrogen and oxygen atoms in total. The standard InChI is InChI=1S/C16H28N4O/c1-16(2,8-9-17)7-6-15(21)20(13-4-5-13)12-14-18-10-11-19(14)3/h10-11,13H,4-9,12,17H2,1-3H3. The second-order valence-electron chi connectivity index (χ2n) is 6.91. The van der Waals surface area contributed by atoms with Crippen molar-refractivity contribution in [2.45, 2.75) is 58.5 Å². The summed E-state index contributed by atoms with van der Waals surface area (Å²) >= 11 is 0. The van der Waals surface area contributed by atoms with Crippen molar-refractivity contribution >= 4 is 5.91 Å². The van der Waals surface area contributed by atoms with Crippen LogP contribution in [-0.4, -0.2) is 32.9 Å². The third-order valence-corrected chi connectivity index (χ3v) is 4.38. The van der Waals surface area contributed by atoms with Crippen molar-refractivity contribution in [1.29, 1.82) is 0 Å². The van der Waals surface area contributed by atoms with Crippen LogP contribution in [0.15, 0.2) is 12.4 Å². The molecule has 1 aromatic heterocycles. The predicted molar refractivity (Wildman–Crippen MR) is 83.5 cm³/mol. The quantitative estimate of drug-likeness (QED) is 0.797. The maximum absolute atomic E-state index is 12.6. The first kappa shape index (κ1) is 16.0. The van der Waals surface area contributed by atoms with Gasteiger partial charge in [0.2, 0.25) is 5.91 Å². The van der Waals surface area contributed by atoms with Crippen molar-refractivity contribution in [2.24, 2.45) is 18.2 Å². The minimum atomic E-state index is 0.142. The molecule has 0 atom stereocenters. The largest absolute Gasteiger partial charge is 0.337 e. The van der Waals surface area contributed by atoms with Gasteiger partial charge in [-0.3, -0.25) is 4.79 Å². The minimum Gasteiger partial charge on any atom is -0.337 e. The zero-order valence-corrected chi connectivity index (χ0v) is 13.5. The van der Waals surface area contributed by atoms with E-state index in [9.17, 15) is 4.79 Å². The van der Waals surface area contributed by atoms with Gasteiger partial charge in [0.25, 0.3) is 0 Å². The molecule has 1 fully saturated rings. The van der Waals surface area contributed by atoms with Gasteiger partial charge in [0, 0.05) is 31.9 Å². The summed E-state index contributed by atoms with van der Waals surface area (Å²) < 4.78 is 1.99. The highest BCUT2D eigenvalue weighted by molar-refractivity contribution is 5.76. The third-order valence-electron chi connectivity index (χ3n) is 4.38. The molecular weight excluding hydrogens is 264 g/mol. The highest BCUT2D eigenvalue weighted by Gasteiger charge is 2.33. The van der Waals surface area contributed by atoms with E-state index < -0.39 is 0 Å². The second kappa shape index (κ2) is 6.60. The number of carbonyl (C=O) groups excluding carboxylic acids is 1. The van der Waals surface area contributed by atoms with Gasteiger partial charge in [-0.15, -0.1) is 0 Å². The number of rotatable bonds is 8. The number of carbonyl (C=O) groups is 1. The summed E-state index contributed by atoms with van der Waals surface area (Å²) in [6.45, 7) is 5.69. The number of amides is 1. The lowest BCUT2D eigenvalue weighted by atomic mass is 9.84. The summed E-state index contributed by atoms with van der Waals surface area (Å²) in [7, 11) is 1.97. The van der Waals surface area contributed by atoms with E-state index >= 15 is 0 Å². The topological polar surface area (TPSA) is 64.2 Å². The molecule has 118 valence electrons.